The highest BCUT2D eigenvalue weighted by Gasteiger charge is 2.26. The number of para-hydroxylation sites is 1. The predicted molar refractivity (Wildman–Crippen MR) is 140 cm³/mol. The van der Waals surface area contributed by atoms with Crippen LogP contribution in [0, 0.1) is 0 Å². The van der Waals surface area contributed by atoms with Gasteiger partial charge in [-0.3, -0.25) is 9.59 Å². The quantitative estimate of drug-likeness (QED) is 0.335. The van der Waals surface area contributed by atoms with Crippen LogP contribution in [0.25, 0.3) is 22.2 Å². The van der Waals surface area contributed by atoms with Gasteiger partial charge in [0.1, 0.15) is 5.69 Å². The molecule has 5 rings (SSSR count). The van der Waals surface area contributed by atoms with Gasteiger partial charge in [-0.25, -0.2) is 15.0 Å². The number of anilines is 2. The van der Waals surface area contributed by atoms with Crippen LogP contribution in [0.1, 0.15) is 23.3 Å². The summed E-state index contributed by atoms with van der Waals surface area (Å²) in [6.07, 6.45) is 7.83. The molecule has 3 aromatic heterocycles. The van der Waals surface area contributed by atoms with E-state index in [1.54, 1.807) is 23.2 Å². The van der Waals surface area contributed by atoms with E-state index >= 15 is 0 Å². The first-order valence-corrected chi connectivity index (χ1v) is 11.9. The number of fused-ring (bicyclic) bond motifs is 1. The van der Waals surface area contributed by atoms with Gasteiger partial charge in [-0.15, -0.1) is 0 Å². The van der Waals surface area contributed by atoms with Crippen LogP contribution in [0.5, 0.6) is 0 Å². The summed E-state index contributed by atoms with van der Waals surface area (Å²) in [5.74, 6) is -0.0443. The van der Waals surface area contributed by atoms with E-state index in [0.717, 1.165) is 29.3 Å². The molecule has 1 aliphatic heterocycles. The van der Waals surface area contributed by atoms with E-state index in [0.29, 0.717) is 41.1 Å². The molecule has 1 fully saturated rings. The summed E-state index contributed by atoms with van der Waals surface area (Å²) in [4.78, 5) is 42.8. The molecule has 1 aromatic carbocycles. The molecule has 1 aliphatic rings. The van der Waals surface area contributed by atoms with E-state index in [2.05, 4.69) is 32.2 Å². The third-order valence-corrected chi connectivity index (χ3v) is 6.34. The Kier molecular flexibility index (Phi) is 6.64. The molecule has 0 spiro atoms. The number of carbonyl (C=O) groups excluding carboxylic acids is 2. The van der Waals surface area contributed by atoms with Crippen LogP contribution < -0.4 is 10.6 Å². The third-order valence-electron chi connectivity index (χ3n) is 6.07. The fourth-order valence-electron chi connectivity index (χ4n) is 4.30. The molecule has 0 aliphatic carbocycles. The number of aromatic amines is 1. The van der Waals surface area contributed by atoms with Crippen molar-refractivity contribution in [3.63, 3.8) is 0 Å². The minimum absolute atomic E-state index is 0.0224. The maximum Gasteiger partial charge on any atom is 0.272 e. The Morgan fingerprint density at radius 1 is 1.17 bits per heavy atom. The smallest absolute Gasteiger partial charge is 0.272 e. The summed E-state index contributed by atoms with van der Waals surface area (Å²) in [7, 11) is 0. The molecule has 1 saturated heterocycles. The number of nitrogens with one attached hydrogen (secondary N) is 3. The van der Waals surface area contributed by atoms with Crippen molar-refractivity contribution in [3.05, 3.63) is 78.4 Å². The van der Waals surface area contributed by atoms with Crippen molar-refractivity contribution >= 4 is 46.0 Å². The Hall–Kier alpha value is -4.24. The molecule has 4 heterocycles. The number of aromatic nitrogens is 4. The molecule has 0 radical (unpaired) electrons. The van der Waals surface area contributed by atoms with Gasteiger partial charge in [0.25, 0.3) is 5.91 Å². The average molecular weight is 502 g/mol. The number of hydrogen-bond acceptors (Lipinski definition) is 6. The largest absolute Gasteiger partial charge is 0.360 e. The molecular formula is C26H24ClN7O2. The minimum Gasteiger partial charge on any atom is -0.360 e. The maximum atomic E-state index is 13.0. The summed E-state index contributed by atoms with van der Waals surface area (Å²) in [6.45, 7) is 4.54. The molecule has 36 heavy (non-hydrogen) atoms. The highest BCUT2D eigenvalue weighted by molar-refractivity contribution is 6.33. The number of amides is 2. The van der Waals surface area contributed by atoms with Crippen LogP contribution in [0.3, 0.4) is 0 Å². The molecule has 10 heteroatoms. The van der Waals surface area contributed by atoms with E-state index in [1.807, 2.05) is 30.5 Å². The lowest BCUT2D eigenvalue weighted by atomic mass is 10.1. The Morgan fingerprint density at radius 2 is 2.03 bits per heavy atom. The first kappa shape index (κ1) is 23.5. The number of benzene rings is 1. The molecule has 0 bridgehead atoms. The zero-order valence-corrected chi connectivity index (χ0v) is 20.1. The molecule has 4 aromatic rings. The fourth-order valence-corrected chi connectivity index (χ4v) is 4.50. The number of hydrogen-bond donors (Lipinski definition) is 3. The van der Waals surface area contributed by atoms with Crippen LogP contribution >= 0.6 is 11.6 Å². The van der Waals surface area contributed by atoms with Gasteiger partial charge in [0.15, 0.2) is 0 Å². The van der Waals surface area contributed by atoms with Gasteiger partial charge in [0.05, 0.1) is 28.8 Å². The second-order valence-corrected chi connectivity index (χ2v) is 8.91. The van der Waals surface area contributed by atoms with E-state index in [-0.39, 0.29) is 17.9 Å². The van der Waals surface area contributed by atoms with E-state index in [9.17, 15) is 9.59 Å². The standard InChI is InChI=1S/C26H24ClN7O2/c1-2-23(35)31-16-9-10-22(28-12-16)25(36)34-11-5-6-17(15-34)32-26-30-14-20(27)24(33-26)19-13-29-21-8-4-3-7-18(19)21/h2-4,7-10,12-14,17,29H,1,5-6,11,15H2,(H,31,35)(H,30,32,33)/t17-/m1/s1. The lowest BCUT2D eigenvalue weighted by molar-refractivity contribution is -0.111. The normalized spacial score (nSPS) is 15.5. The van der Waals surface area contributed by atoms with Gasteiger partial charge in [-0.05, 0) is 37.1 Å². The number of halogens is 1. The summed E-state index contributed by atoms with van der Waals surface area (Å²) in [5.41, 5.74) is 3.36. The first-order chi connectivity index (χ1) is 17.5. The zero-order valence-electron chi connectivity index (χ0n) is 19.4. The van der Waals surface area contributed by atoms with Crippen molar-refractivity contribution in [1.82, 2.24) is 24.8 Å². The summed E-state index contributed by atoms with van der Waals surface area (Å²) in [6, 6.07) is 11.2. The third kappa shape index (κ3) is 4.92. The molecule has 9 nitrogen and oxygen atoms in total. The maximum absolute atomic E-state index is 13.0. The molecule has 182 valence electrons. The summed E-state index contributed by atoms with van der Waals surface area (Å²) < 4.78 is 0. The van der Waals surface area contributed by atoms with Gasteiger partial charge in [-0.2, -0.15) is 0 Å². The van der Waals surface area contributed by atoms with E-state index in [4.69, 9.17) is 16.6 Å². The number of pyridine rings is 1. The van der Waals surface area contributed by atoms with Crippen molar-refractivity contribution in [2.24, 2.45) is 0 Å². The lowest BCUT2D eigenvalue weighted by Crippen LogP contribution is -2.45. The molecule has 2 amide bonds. The minimum atomic E-state index is -0.335. The highest BCUT2D eigenvalue weighted by atomic mass is 35.5. The van der Waals surface area contributed by atoms with Crippen molar-refractivity contribution in [2.75, 3.05) is 23.7 Å². The van der Waals surface area contributed by atoms with E-state index < -0.39 is 0 Å². The average Bonchev–Trinajstić information content (AvgIpc) is 3.34. The fraction of sp³-hybridized carbons (Fsp3) is 0.192. The van der Waals surface area contributed by atoms with Crippen LogP contribution in [0.2, 0.25) is 5.02 Å². The zero-order chi connectivity index (χ0) is 25.1. The van der Waals surface area contributed by atoms with Crippen LogP contribution in [-0.2, 0) is 4.79 Å². The van der Waals surface area contributed by atoms with Crippen molar-refractivity contribution < 1.29 is 9.59 Å². The molecular weight excluding hydrogens is 478 g/mol. The number of H-pyrrole nitrogens is 1. The van der Waals surface area contributed by atoms with Gasteiger partial charge in [0.2, 0.25) is 11.9 Å². The van der Waals surface area contributed by atoms with Gasteiger partial charge < -0.3 is 20.5 Å². The van der Waals surface area contributed by atoms with Gasteiger partial charge in [0, 0.05) is 41.8 Å². The Morgan fingerprint density at radius 3 is 2.83 bits per heavy atom. The van der Waals surface area contributed by atoms with Crippen molar-refractivity contribution in [2.45, 2.75) is 18.9 Å². The Balaban J connectivity index is 1.28. The number of likely N-dealkylation sites (tertiary alicyclic amines) is 1. The highest BCUT2D eigenvalue weighted by Crippen LogP contribution is 2.32. The van der Waals surface area contributed by atoms with Crippen LogP contribution in [0.4, 0.5) is 11.6 Å². The van der Waals surface area contributed by atoms with E-state index in [1.165, 1.54) is 12.3 Å². The predicted octanol–water partition coefficient (Wildman–Crippen LogP) is 4.51. The lowest BCUT2D eigenvalue weighted by Gasteiger charge is -2.33. The molecule has 3 N–H and O–H groups in total. The van der Waals surface area contributed by atoms with Crippen LogP contribution in [-0.4, -0.2) is 55.8 Å². The number of piperidine rings is 1. The Bertz CT molecular complexity index is 1430. The van der Waals surface area contributed by atoms with Crippen molar-refractivity contribution in [1.29, 1.82) is 0 Å². The second-order valence-electron chi connectivity index (χ2n) is 8.50. The second kappa shape index (κ2) is 10.2. The topological polar surface area (TPSA) is 116 Å². The summed E-state index contributed by atoms with van der Waals surface area (Å²) >= 11 is 6.46. The molecule has 1 atom stereocenters. The monoisotopic (exact) mass is 501 g/mol. The van der Waals surface area contributed by atoms with Gasteiger partial charge in [-0.1, -0.05) is 36.4 Å². The summed E-state index contributed by atoms with van der Waals surface area (Å²) in [5, 5.41) is 7.48. The number of nitrogens with zero attached hydrogens (tertiary/aromatic N) is 4. The van der Waals surface area contributed by atoms with Crippen LogP contribution in [0.15, 0.2) is 67.6 Å². The number of carbonyl (C=O) groups is 2. The van der Waals surface area contributed by atoms with Gasteiger partial charge >= 0.3 is 0 Å². The SMILES string of the molecule is C=CC(=O)Nc1ccc(C(=O)N2CCC[C@@H](Nc3ncc(Cl)c(-c4c[nH]c5ccccc45)n3)C2)nc1. The molecule has 0 unspecified atom stereocenters. The molecule has 0 saturated carbocycles. The Labute approximate surface area is 212 Å². The first-order valence-electron chi connectivity index (χ1n) is 11.6. The van der Waals surface area contributed by atoms with Crippen molar-refractivity contribution in [3.8, 4) is 11.3 Å². The number of rotatable bonds is 6.